The second kappa shape index (κ2) is 6.91. The van der Waals surface area contributed by atoms with E-state index in [2.05, 4.69) is 37.0 Å². The molecule has 7 heteroatoms. The van der Waals surface area contributed by atoms with Gasteiger partial charge in [-0.25, -0.2) is 4.79 Å². The van der Waals surface area contributed by atoms with Crippen molar-refractivity contribution < 1.29 is 19.2 Å². The fourth-order valence-corrected chi connectivity index (χ4v) is 3.06. The Morgan fingerprint density at radius 3 is 2.57 bits per heavy atom. The number of carbonyl (C=O) groups is 1. The van der Waals surface area contributed by atoms with Crippen LogP contribution in [0.2, 0.25) is 0 Å². The largest absolute Gasteiger partial charge is 0.485 e. The first kappa shape index (κ1) is 15.8. The Bertz CT molecular complexity index is 671. The van der Waals surface area contributed by atoms with Gasteiger partial charge in [0, 0.05) is 12.1 Å². The van der Waals surface area contributed by atoms with Crippen molar-refractivity contribution in [3.05, 3.63) is 50.2 Å². The molecule has 0 unspecified atom stereocenters. The molecule has 0 aliphatic rings. The van der Waals surface area contributed by atoms with E-state index < -0.39 is 5.97 Å². The van der Waals surface area contributed by atoms with Gasteiger partial charge in [0.2, 0.25) is 0 Å². The molecule has 0 radical (unpaired) electrons. The molecule has 1 N–H and O–H groups in total. The molecule has 5 nitrogen and oxygen atoms in total. The second-order valence-corrected chi connectivity index (χ2v) is 5.91. The van der Waals surface area contributed by atoms with Crippen LogP contribution in [0.3, 0.4) is 0 Å². The Morgan fingerprint density at radius 1 is 1.38 bits per heavy atom. The number of aromatic nitrogens is 1. The highest BCUT2D eigenvalue weighted by Gasteiger charge is 2.10. The highest BCUT2D eigenvalue weighted by atomic mass is 79.9. The number of halogens is 2. The van der Waals surface area contributed by atoms with Crippen LogP contribution in [0.5, 0.6) is 5.75 Å². The fraction of sp³-hybridized carbons (Fsp3) is 0.143. The summed E-state index contributed by atoms with van der Waals surface area (Å²) in [6, 6.07) is 5.34. The van der Waals surface area contributed by atoms with Crippen LogP contribution in [0, 0.1) is 6.92 Å². The number of aryl methyl sites for hydroxylation is 1. The summed E-state index contributed by atoms with van der Waals surface area (Å²) in [5, 5.41) is 12.5. The summed E-state index contributed by atoms with van der Waals surface area (Å²) in [6.45, 7) is 2.09. The number of benzene rings is 1. The first-order valence-corrected chi connectivity index (χ1v) is 7.49. The van der Waals surface area contributed by atoms with Gasteiger partial charge < -0.3 is 14.4 Å². The van der Waals surface area contributed by atoms with Gasteiger partial charge in [-0.05, 0) is 62.6 Å². The lowest BCUT2D eigenvalue weighted by molar-refractivity contribution is -0.131. The van der Waals surface area contributed by atoms with E-state index in [1.54, 1.807) is 18.2 Å². The number of aliphatic carboxylic acids is 1. The van der Waals surface area contributed by atoms with Gasteiger partial charge in [0.05, 0.1) is 8.95 Å². The van der Waals surface area contributed by atoms with E-state index in [1.165, 1.54) is 6.08 Å². The Balaban J connectivity index is 2.15. The summed E-state index contributed by atoms with van der Waals surface area (Å²) in [5.74, 6) is 0.341. The minimum atomic E-state index is -0.996. The second-order valence-electron chi connectivity index (χ2n) is 4.20. The van der Waals surface area contributed by atoms with E-state index in [4.69, 9.17) is 14.4 Å². The van der Waals surface area contributed by atoms with E-state index >= 15 is 0 Å². The maximum absolute atomic E-state index is 10.5. The standard InChI is InChI=1S/C14H11Br2NO4/c1-8-4-10(17-21-8)7-20-14-11(15)5-9(6-12(14)16)2-3-13(18)19/h2-6H,7H2,1H3,(H,18,19). The van der Waals surface area contributed by atoms with Crippen molar-refractivity contribution >= 4 is 43.9 Å². The van der Waals surface area contributed by atoms with Crippen LogP contribution in [0.15, 0.2) is 37.7 Å². The van der Waals surface area contributed by atoms with Gasteiger partial charge in [-0.3, -0.25) is 0 Å². The van der Waals surface area contributed by atoms with Crippen LogP contribution >= 0.6 is 31.9 Å². The molecular weight excluding hydrogens is 406 g/mol. The summed E-state index contributed by atoms with van der Waals surface area (Å²) >= 11 is 6.81. The summed E-state index contributed by atoms with van der Waals surface area (Å²) in [5.41, 5.74) is 1.43. The monoisotopic (exact) mass is 415 g/mol. The van der Waals surface area contributed by atoms with Crippen molar-refractivity contribution in [1.82, 2.24) is 5.16 Å². The molecular formula is C14H11Br2NO4. The van der Waals surface area contributed by atoms with Crippen molar-refractivity contribution in [2.45, 2.75) is 13.5 Å². The Kier molecular flexibility index (Phi) is 5.19. The molecule has 2 aromatic rings. The SMILES string of the molecule is Cc1cc(COc2c(Br)cc(C=CC(=O)O)cc2Br)no1. The van der Waals surface area contributed by atoms with E-state index in [0.717, 1.165) is 17.4 Å². The average molecular weight is 417 g/mol. The molecule has 0 saturated heterocycles. The highest BCUT2D eigenvalue weighted by molar-refractivity contribution is 9.11. The van der Waals surface area contributed by atoms with Gasteiger partial charge in [0.1, 0.15) is 23.8 Å². The third-order valence-corrected chi connectivity index (χ3v) is 3.66. The lowest BCUT2D eigenvalue weighted by Crippen LogP contribution is -1.97. The van der Waals surface area contributed by atoms with Gasteiger partial charge in [-0.2, -0.15) is 0 Å². The van der Waals surface area contributed by atoms with E-state index in [9.17, 15) is 4.79 Å². The molecule has 0 fully saturated rings. The quantitative estimate of drug-likeness (QED) is 0.740. The Labute approximate surface area is 137 Å². The number of carboxylic acids is 1. The number of hydrogen-bond acceptors (Lipinski definition) is 4. The Morgan fingerprint density at radius 2 is 2.05 bits per heavy atom. The van der Waals surface area contributed by atoms with Gasteiger partial charge in [0.15, 0.2) is 0 Å². The fourth-order valence-electron chi connectivity index (χ4n) is 1.61. The van der Waals surface area contributed by atoms with Crippen molar-refractivity contribution in [2.24, 2.45) is 0 Å². The zero-order valence-corrected chi connectivity index (χ0v) is 14.1. The van der Waals surface area contributed by atoms with Crippen LogP contribution in [0.1, 0.15) is 17.0 Å². The number of ether oxygens (including phenoxy) is 1. The molecule has 21 heavy (non-hydrogen) atoms. The number of nitrogens with zero attached hydrogens (tertiary/aromatic N) is 1. The third kappa shape index (κ3) is 4.44. The molecule has 110 valence electrons. The molecule has 2 rings (SSSR count). The van der Waals surface area contributed by atoms with Gasteiger partial charge in [-0.15, -0.1) is 0 Å². The van der Waals surface area contributed by atoms with Crippen LogP contribution in [-0.4, -0.2) is 16.2 Å². The van der Waals surface area contributed by atoms with Crippen molar-refractivity contribution in [1.29, 1.82) is 0 Å². The van der Waals surface area contributed by atoms with E-state index in [0.29, 0.717) is 20.4 Å². The number of carboxylic acid groups (broad SMARTS) is 1. The van der Waals surface area contributed by atoms with Gasteiger partial charge >= 0.3 is 5.97 Å². The van der Waals surface area contributed by atoms with Crippen molar-refractivity contribution in [3.63, 3.8) is 0 Å². The summed E-state index contributed by atoms with van der Waals surface area (Å²) in [7, 11) is 0. The third-order valence-electron chi connectivity index (χ3n) is 2.48. The van der Waals surface area contributed by atoms with E-state index in [1.807, 2.05) is 6.92 Å². The summed E-state index contributed by atoms with van der Waals surface area (Å²) < 4.78 is 12.1. The minimum absolute atomic E-state index is 0.277. The Hall–Kier alpha value is -1.60. The molecule has 0 spiro atoms. The maximum Gasteiger partial charge on any atom is 0.328 e. The molecule has 1 aromatic heterocycles. The van der Waals surface area contributed by atoms with Crippen LogP contribution in [0.25, 0.3) is 6.08 Å². The van der Waals surface area contributed by atoms with Crippen LogP contribution in [-0.2, 0) is 11.4 Å². The van der Waals surface area contributed by atoms with Crippen molar-refractivity contribution in [3.8, 4) is 5.75 Å². The molecule has 0 aliphatic heterocycles. The summed E-state index contributed by atoms with van der Waals surface area (Å²) in [6.07, 6.45) is 2.58. The average Bonchev–Trinajstić information content (AvgIpc) is 2.81. The molecule has 1 aromatic carbocycles. The lowest BCUT2D eigenvalue weighted by Gasteiger charge is -2.10. The molecule has 0 atom stereocenters. The molecule has 0 bridgehead atoms. The topological polar surface area (TPSA) is 72.6 Å². The first-order valence-electron chi connectivity index (χ1n) is 5.91. The predicted octanol–water partition coefficient (Wildman–Crippen LogP) is 4.18. The predicted molar refractivity (Wildman–Crippen MR) is 84.1 cm³/mol. The first-order chi connectivity index (χ1) is 9.95. The highest BCUT2D eigenvalue weighted by Crippen LogP contribution is 2.35. The summed E-state index contributed by atoms with van der Waals surface area (Å²) in [4.78, 5) is 10.5. The zero-order valence-electron chi connectivity index (χ0n) is 11.0. The van der Waals surface area contributed by atoms with Gasteiger partial charge in [-0.1, -0.05) is 5.16 Å². The van der Waals surface area contributed by atoms with E-state index in [-0.39, 0.29) is 6.61 Å². The molecule has 1 heterocycles. The number of rotatable bonds is 5. The molecule has 0 saturated carbocycles. The van der Waals surface area contributed by atoms with Crippen LogP contribution < -0.4 is 4.74 Å². The zero-order chi connectivity index (χ0) is 15.4. The minimum Gasteiger partial charge on any atom is -0.485 e. The van der Waals surface area contributed by atoms with Crippen LogP contribution in [0.4, 0.5) is 0 Å². The number of hydrogen-bond donors (Lipinski definition) is 1. The lowest BCUT2D eigenvalue weighted by atomic mass is 10.2. The normalized spacial score (nSPS) is 11.0. The maximum atomic E-state index is 10.5. The van der Waals surface area contributed by atoms with Crippen molar-refractivity contribution in [2.75, 3.05) is 0 Å². The molecule has 0 aliphatic carbocycles. The smallest absolute Gasteiger partial charge is 0.328 e. The van der Waals surface area contributed by atoms with Gasteiger partial charge in [0.25, 0.3) is 0 Å². The molecule has 0 amide bonds.